The van der Waals surface area contributed by atoms with Crippen molar-refractivity contribution in [1.29, 1.82) is 0 Å². The zero-order chi connectivity index (χ0) is 11.3. The molecule has 0 saturated heterocycles. The molecule has 0 fully saturated rings. The van der Waals surface area contributed by atoms with E-state index in [9.17, 15) is 13.2 Å². The van der Waals surface area contributed by atoms with Gasteiger partial charge in [-0.25, -0.2) is 4.98 Å². The Balaban J connectivity index is 2.57. The van der Waals surface area contributed by atoms with Crippen LogP contribution in [0.25, 0.3) is 0 Å². The van der Waals surface area contributed by atoms with Gasteiger partial charge in [0.15, 0.2) is 0 Å². The Kier molecular flexibility index (Phi) is 3.70. The summed E-state index contributed by atoms with van der Waals surface area (Å²) in [6.45, 7) is 1.36. The van der Waals surface area contributed by atoms with Gasteiger partial charge in [0.05, 0.1) is 0 Å². The fourth-order valence-electron chi connectivity index (χ4n) is 0.891. The predicted octanol–water partition coefficient (Wildman–Crippen LogP) is 1.88. The van der Waals surface area contributed by atoms with E-state index in [-0.39, 0.29) is 5.82 Å². The van der Waals surface area contributed by atoms with Gasteiger partial charge >= 0.3 is 6.18 Å². The number of rotatable bonds is 4. The van der Waals surface area contributed by atoms with Crippen LogP contribution in [0.1, 0.15) is 6.92 Å². The van der Waals surface area contributed by atoms with Crippen LogP contribution in [0.3, 0.4) is 0 Å². The lowest BCUT2D eigenvalue weighted by Gasteiger charge is -2.09. The van der Waals surface area contributed by atoms with Crippen molar-refractivity contribution in [2.45, 2.75) is 13.1 Å². The van der Waals surface area contributed by atoms with E-state index in [1.54, 1.807) is 0 Å². The zero-order valence-electron chi connectivity index (χ0n) is 8.10. The number of anilines is 2. The van der Waals surface area contributed by atoms with Crippen LogP contribution in [0, 0.1) is 0 Å². The van der Waals surface area contributed by atoms with E-state index < -0.39 is 12.7 Å². The second-order valence-electron chi connectivity index (χ2n) is 2.76. The molecule has 15 heavy (non-hydrogen) atoms. The summed E-state index contributed by atoms with van der Waals surface area (Å²) in [6.07, 6.45) is -2.85. The summed E-state index contributed by atoms with van der Waals surface area (Å²) >= 11 is 0. The third-order valence-corrected chi connectivity index (χ3v) is 1.46. The molecule has 84 valence electrons. The minimum Gasteiger partial charge on any atom is -0.361 e. The van der Waals surface area contributed by atoms with Crippen molar-refractivity contribution in [3.8, 4) is 0 Å². The molecular weight excluding hydrogens is 209 g/mol. The van der Waals surface area contributed by atoms with Crippen LogP contribution in [0.4, 0.5) is 24.9 Å². The maximum Gasteiger partial charge on any atom is 0.405 e. The first-order valence-electron chi connectivity index (χ1n) is 4.39. The van der Waals surface area contributed by atoms with Crippen molar-refractivity contribution in [2.24, 2.45) is 0 Å². The summed E-state index contributed by atoms with van der Waals surface area (Å²) < 4.78 is 35.6. The first kappa shape index (κ1) is 11.5. The van der Waals surface area contributed by atoms with E-state index in [1.807, 2.05) is 6.92 Å². The van der Waals surface area contributed by atoms with E-state index in [1.165, 1.54) is 12.3 Å². The Morgan fingerprint density at radius 1 is 1.33 bits per heavy atom. The van der Waals surface area contributed by atoms with Crippen molar-refractivity contribution in [3.63, 3.8) is 0 Å². The Morgan fingerprint density at radius 3 is 2.67 bits per heavy atom. The molecule has 0 atom stereocenters. The van der Waals surface area contributed by atoms with Crippen molar-refractivity contribution in [2.75, 3.05) is 23.7 Å². The number of aromatic nitrogens is 2. The average Bonchev–Trinajstić information content (AvgIpc) is 2.15. The highest BCUT2D eigenvalue weighted by Gasteiger charge is 2.26. The molecule has 0 spiro atoms. The van der Waals surface area contributed by atoms with Gasteiger partial charge in [-0.05, 0) is 13.0 Å². The fraction of sp³-hybridized carbons (Fsp3) is 0.500. The maximum atomic E-state index is 11.9. The number of nitrogens with one attached hydrogen (secondary N) is 2. The second-order valence-corrected chi connectivity index (χ2v) is 2.76. The quantitative estimate of drug-likeness (QED) is 0.813. The lowest BCUT2D eigenvalue weighted by atomic mass is 10.5. The summed E-state index contributed by atoms with van der Waals surface area (Å²) in [5, 5.41) is 4.97. The molecule has 1 aromatic heterocycles. The van der Waals surface area contributed by atoms with Gasteiger partial charge in [-0.2, -0.15) is 18.2 Å². The highest BCUT2D eigenvalue weighted by atomic mass is 19.4. The number of halogens is 3. The Hall–Kier alpha value is -1.53. The Morgan fingerprint density at radius 2 is 2.07 bits per heavy atom. The molecule has 1 heterocycles. The van der Waals surface area contributed by atoms with E-state index in [0.29, 0.717) is 12.5 Å². The van der Waals surface area contributed by atoms with Crippen LogP contribution < -0.4 is 10.6 Å². The van der Waals surface area contributed by atoms with Gasteiger partial charge < -0.3 is 10.6 Å². The SMILES string of the molecule is CCNc1nccc(NCC(F)(F)F)n1. The standard InChI is InChI=1S/C8H11F3N4/c1-2-12-7-13-4-3-6(15-7)14-5-8(9,10)11/h3-4H,2,5H2,1H3,(H2,12,13,14,15). The van der Waals surface area contributed by atoms with Gasteiger partial charge in [-0.15, -0.1) is 0 Å². The van der Waals surface area contributed by atoms with Gasteiger partial charge in [-0.1, -0.05) is 0 Å². The van der Waals surface area contributed by atoms with Crippen LogP contribution in [-0.4, -0.2) is 29.2 Å². The highest BCUT2D eigenvalue weighted by Crippen LogP contribution is 2.15. The smallest absolute Gasteiger partial charge is 0.361 e. The van der Waals surface area contributed by atoms with Crippen molar-refractivity contribution in [1.82, 2.24) is 9.97 Å². The molecule has 7 heteroatoms. The second kappa shape index (κ2) is 4.81. The Bertz CT molecular complexity index is 313. The molecule has 0 aromatic carbocycles. The molecule has 1 aromatic rings. The molecule has 1 rings (SSSR count). The van der Waals surface area contributed by atoms with Crippen LogP contribution in [0.15, 0.2) is 12.3 Å². The largest absolute Gasteiger partial charge is 0.405 e. The molecule has 0 aliphatic heterocycles. The van der Waals surface area contributed by atoms with Crippen molar-refractivity contribution >= 4 is 11.8 Å². The molecule has 2 N–H and O–H groups in total. The number of nitrogens with zero attached hydrogens (tertiary/aromatic N) is 2. The van der Waals surface area contributed by atoms with E-state index in [0.717, 1.165) is 0 Å². The maximum absolute atomic E-state index is 11.9. The molecule has 0 aliphatic rings. The predicted molar refractivity (Wildman–Crippen MR) is 50.7 cm³/mol. The van der Waals surface area contributed by atoms with Crippen LogP contribution in [-0.2, 0) is 0 Å². The minimum absolute atomic E-state index is 0.151. The zero-order valence-corrected chi connectivity index (χ0v) is 8.10. The van der Waals surface area contributed by atoms with Crippen molar-refractivity contribution < 1.29 is 13.2 Å². The lowest BCUT2D eigenvalue weighted by molar-refractivity contribution is -0.115. The first-order valence-corrected chi connectivity index (χ1v) is 4.39. The van der Waals surface area contributed by atoms with E-state index in [4.69, 9.17) is 0 Å². The number of hydrogen-bond donors (Lipinski definition) is 2. The lowest BCUT2D eigenvalue weighted by Crippen LogP contribution is -2.22. The van der Waals surface area contributed by atoms with Gasteiger partial charge in [0.1, 0.15) is 12.4 Å². The normalized spacial score (nSPS) is 11.2. The van der Waals surface area contributed by atoms with E-state index in [2.05, 4.69) is 20.6 Å². The fourth-order valence-corrected chi connectivity index (χ4v) is 0.891. The molecule has 0 bridgehead atoms. The number of hydrogen-bond acceptors (Lipinski definition) is 4. The third-order valence-electron chi connectivity index (χ3n) is 1.46. The van der Waals surface area contributed by atoms with Crippen LogP contribution in [0.2, 0.25) is 0 Å². The van der Waals surface area contributed by atoms with Gasteiger partial charge in [-0.3, -0.25) is 0 Å². The average molecular weight is 220 g/mol. The van der Waals surface area contributed by atoms with Gasteiger partial charge in [0.2, 0.25) is 5.95 Å². The van der Waals surface area contributed by atoms with E-state index >= 15 is 0 Å². The topological polar surface area (TPSA) is 49.8 Å². The monoisotopic (exact) mass is 220 g/mol. The Labute approximate surface area is 84.9 Å². The molecular formula is C8H11F3N4. The summed E-state index contributed by atoms with van der Waals surface area (Å²) in [7, 11) is 0. The van der Waals surface area contributed by atoms with Crippen molar-refractivity contribution in [3.05, 3.63) is 12.3 Å². The summed E-state index contributed by atoms with van der Waals surface area (Å²) in [6, 6.07) is 1.38. The van der Waals surface area contributed by atoms with Crippen LogP contribution in [0.5, 0.6) is 0 Å². The number of alkyl halides is 3. The molecule has 0 aliphatic carbocycles. The minimum atomic E-state index is -4.25. The van der Waals surface area contributed by atoms with Crippen LogP contribution >= 0.6 is 0 Å². The molecule has 0 unspecified atom stereocenters. The first-order chi connectivity index (χ1) is 7.01. The molecule has 0 amide bonds. The van der Waals surface area contributed by atoms with Gasteiger partial charge in [0.25, 0.3) is 0 Å². The van der Waals surface area contributed by atoms with Gasteiger partial charge in [0, 0.05) is 12.7 Å². The molecule has 0 saturated carbocycles. The molecule has 0 radical (unpaired) electrons. The summed E-state index contributed by atoms with van der Waals surface area (Å²) in [4.78, 5) is 7.66. The third kappa shape index (κ3) is 4.48. The summed E-state index contributed by atoms with van der Waals surface area (Å²) in [5.41, 5.74) is 0. The summed E-state index contributed by atoms with van der Waals surface area (Å²) in [5.74, 6) is 0.461. The highest BCUT2D eigenvalue weighted by molar-refractivity contribution is 5.39. The molecule has 4 nitrogen and oxygen atoms in total.